The normalized spacial score (nSPS) is 14.8. The van der Waals surface area contributed by atoms with Gasteiger partial charge < -0.3 is 11.1 Å². The molecule has 0 bridgehead atoms. The van der Waals surface area contributed by atoms with Gasteiger partial charge in [0.1, 0.15) is 0 Å². The molecule has 0 unspecified atom stereocenters. The number of unbranched alkanes of at least 4 members (excludes halogenated alkanes) is 1. The van der Waals surface area contributed by atoms with Crippen LogP contribution < -0.4 is 11.1 Å². The van der Waals surface area contributed by atoms with Crippen LogP contribution in [0.1, 0.15) is 44.2 Å². The highest BCUT2D eigenvalue weighted by Crippen LogP contribution is 2.37. The van der Waals surface area contributed by atoms with E-state index in [4.69, 9.17) is 10.7 Å². The van der Waals surface area contributed by atoms with Crippen LogP contribution in [0.25, 0.3) is 6.08 Å². The number of nitrogens with one attached hydrogen (secondary N) is 1. The summed E-state index contributed by atoms with van der Waals surface area (Å²) in [4.78, 5) is 4.78. The summed E-state index contributed by atoms with van der Waals surface area (Å²) in [5, 5.41) is 3.42. The molecule has 1 aliphatic carbocycles. The lowest BCUT2D eigenvalue weighted by Gasteiger charge is -2.17. The van der Waals surface area contributed by atoms with Crippen LogP contribution in [0.2, 0.25) is 0 Å². The molecule has 0 spiro atoms. The highest BCUT2D eigenvalue weighted by atomic mass is 79.9. The summed E-state index contributed by atoms with van der Waals surface area (Å²) >= 11 is 3.58. The van der Waals surface area contributed by atoms with E-state index in [0.717, 1.165) is 43.0 Å². The zero-order valence-electron chi connectivity index (χ0n) is 12.9. The molecule has 1 aliphatic rings. The van der Waals surface area contributed by atoms with Gasteiger partial charge in [-0.3, -0.25) is 4.99 Å². The van der Waals surface area contributed by atoms with E-state index in [1.54, 1.807) is 0 Å². The number of aliphatic imine (C=N–C) groups is 1. The molecule has 1 aromatic carbocycles. The van der Waals surface area contributed by atoms with Gasteiger partial charge in [0.05, 0.1) is 11.4 Å². The Morgan fingerprint density at radius 1 is 1.38 bits per heavy atom. The third-order valence-corrected chi connectivity index (χ3v) is 4.29. The smallest absolute Gasteiger partial charge is 0.0896 e. The van der Waals surface area contributed by atoms with E-state index >= 15 is 0 Å². The van der Waals surface area contributed by atoms with Gasteiger partial charge in [-0.1, -0.05) is 35.3 Å². The second-order valence-electron chi connectivity index (χ2n) is 5.54. The molecule has 2 rings (SSSR count). The van der Waals surface area contributed by atoms with Gasteiger partial charge in [-0.05, 0) is 60.5 Å². The van der Waals surface area contributed by atoms with E-state index in [2.05, 4.69) is 47.2 Å². The first-order valence-electron chi connectivity index (χ1n) is 7.64. The van der Waals surface area contributed by atoms with Crippen LogP contribution in [0, 0.1) is 0 Å². The molecule has 0 aliphatic heterocycles. The maximum absolute atomic E-state index is 6.14. The van der Waals surface area contributed by atoms with E-state index in [1.165, 1.54) is 28.5 Å². The van der Waals surface area contributed by atoms with Gasteiger partial charge in [0, 0.05) is 12.3 Å². The van der Waals surface area contributed by atoms with Gasteiger partial charge >= 0.3 is 0 Å². The lowest BCUT2D eigenvalue weighted by molar-refractivity contribution is 0.689. The Kier molecular flexibility index (Phi) is 6.00. The van der Waals surface area contributed by atoms with Crippen molar-refractivity contribution in [3.63, 3.8) is 0 Å². The molecule has 0 amide bonds. The summed E-state index contributed by atoms with van der Waals surface area (Å²) in [6.07, 6.45) is 6.60. The number of fused-ring (bicyclic) bond motifs is 1. The van der Waals surface area contributed by atoms with Crippen LogP contribution in [0.5, 0.6) is 0 Å². The Morgan fingerprint density at radius 3 is 2.95 bits per heavy atom. The van der Waals surface area contributed by atoms with Crippen LogP contribution in [0.3, 0.4) is 0 Å². The van der Waals surface area contributed by atoms with Gasteiger partial charge in [-0.25, -0.2) is 0 Å². The van der Waals surface area contributed by atoms with E-state index in [-0.39, 0.29) is 0 Å². The Labute approximate surface area is 135 Å². The Balaban J connectivity index is 2.18. The molecule has 0 radical (unpaired) electrons. The molecule has 114 valence electrons. The summed E-state index contributed by atoms with van der Waals surface area (Å²) in [6, 6.07) is 4.04. The lowest BCUT2D eigenvalue weighted by atomic mass is 9.95. The molecule has 0 aromatic heterocycles. The zero-order valence-corrected chi connectivity index (χ0v) is 14.5. The predicted molar refractivity (Wildman–Crippen MR) is 96.6 cm³/mol. The van der Waals surface area contributed by atoms with Crippen LogP contribution in [-0.2, 0) is 6.42 Å². The van der Waals surface area contributed by atoms with Gasteiger partial charge in [-0.2, -0.15) is 0 Å². The summed E-state index contributed by atoms with van der Waals surface area (Å²) in [6.45, 7) is 6.13. The second-order valence-corrected chi connectivity index (χ2v) is 6.56. The number of rotatable bonds is 6. The third-order valence-electron chi connectivity index (χ3n) is 3.67. The molecule has 0 saturated carbocycles. The molecule has 3 nitrogen and oxygen atoms in total. The first kappa shape index (κ1) is 16.2. The van der Waals surface area contributed by atoms with E-state index in [1.807, 2.05) is 6.07 Å². The Hall–Kier alpha value is -1.13. The molecular weight excluding hydrogens is 326 g/mol. The van der Waals surface area contributed by atoms with Gasteiger partial charge in [0.25, 0.3) is 0 Å². The Morgan fingerprint density at radius 2 is 2.19 bits per heavy atom. The fraction of sp³-hybridized carbons (Fsp3) is 0.471. The van der Waals surface area contributed by atoms with E-state index < -0.39 is 0 Å². The number of nitrogens with zero attached hydrogens (tertiary/aromatic N) is 1. The van der Waals surface area contributed by atoms with Crippen molar-refractivity contribution in [1.82, 2.24) is 5.32 Å². The topological polar surface area (TPSA) is 50.4 Å². The van der Waals surface area contributed by atoms with Crippen molar-refractivity contribution in [1.29, 1.82) is 0 Å². The maximum Gasteiger partial charge on any atom is 0.0896 e. The van der Waals surface area contributed by atoms with Gasteiger partial charge in [0.15, 0.2) is 0 Å². The first-order chi connectivity index (χ1) is 10.1. The van der Waals surface area contributed by atoms with E-state index in [0.29, 0.717) is 0 Å². The number of nitrogen functional groups attached to an aromatic ring is 1. The molecule has 3 N–H and O–H groups in total. The molecule has 0 heterocycles. The van der Waals surface area contributed by atoms with Gasteiger partial charge in [-0.15, -0.1) is 0 Å². The fourth-order valence-corrected chi connectivity index (χ4v) is 2.93. The zero-order chi connectivity index (χ0) is 15.2. The minimum Gasteiger partial charge on any atom is -0.397 e. The van der Waals surface area contributed by atoms with Crippen LogP contribution in [0.4, 0.5) is 11.4 Å². The average Bonchev–Trinajstić information content (AvgIpc) is 2.46. The number of nitrogens with two attached hydrogens (primary N) is 1. The number of benzene rings is 1. The third kappa shape index (κ3) is 4.42. The molecule has 21 heavy (non-hydrogen) atoms. The van der Waals surface area contributed by atoms with Crippen molar-refractivity contribution in [3.8, 4) is 0 Å². The van der Waals surface area contributed by atoms with Crippen LogP contribution in [0.15, 0.2) is 21.6 Å². The lowest BCUT2D eigenvalue weighted by Crippen LogP contribution is -2.22. The number of hydrogen-bond donors (Lipinski definition) is 2. The quantitative estimate of drug-likeness (QED) is 0.453. The molecule has 1 aromatic rings. The predicted octanol–water partition coefficient (Wildman–Crippen LogP) is 4.43. The van der Waals surface area contributed by atoms with Crippen LogP contribution >= 0.6 is 15.9 Å². The highest BCUT2D eigenvalue weighted by Gasteiger charge is 2.15. The van der Waals surface area contributed by atoms with Crippen molar-refractivity contribution in [2.24, 2.45) is 4.99 Å². The van der Waals surface area contributed by atoms with Crippen molar-refractivity contribution in [2.45, 2.75) is 39.5 Å². The van der Waals surface area contributed by atoms with Crippen molar-refractivity contribution in [2.75, 3.05) is 18.8 Å². The molecular formula is C17H24BrN3. The van der Waals surface area contributed by atoms with Crippen LogP contribution in [-0.4, -0.2) is 18.8 Å². The largest absolute Gasteiger partial charge is 0.397 e. The Bertz CT molecular complexity index is 561. The molecule has 0 saturated heterocycles. The monoisotopic (exact) mass is 349 g/mol. The standard InChI is InChI=1S/C17H24BrN3/c1-3-4-9-20-11-12(2)21-17-15-7-6-14(18)10-13(15)5-8-16(17)19/h5,8,10,20H,3-4,6-7,9,11,19H2,1-2H3. The summed E-state index contributed by atoms with van der Waals surface area (Å²) in [5.74, 6) is 0. The number of anilines is 1. The minimum atomic E-state index is 0.771. The SMILES string of the molecule is CCCCNCC(C)=Nc1c(N)ccc2c1CCC(Br)=C2. The minimum absolute atomic E-state index is 0.771. The molecule has 0 atom stereocenters. The van der Waals surface area contributed by atoms with Crippen molar-refractivity contribution < 1.29 is 0 Å². The summed E-state index contributed by atoms with van der Waals surface area (Å²) in [5.41, 5.74) is 11.5. The van der Waals surface area contributed by atoms with E-state index in [9.17, 15) is 0 Å². The summed E-state index contributed by atoms with van der Waals surface area (Å²) in [7, 11) is 0. The fourth-order valence-electron chi connectivity index (χ4n) is 2.49. The highest BCUT2D eigenvalue weighted by molar-refractivity contribution is 9.11. The molecule has 4 heteroatoms. The summed E-state index contributed by atoms with van der Waals surface area (Å²) < 4.78 is 1.24. The first-order valence-corrected chi connectivity index (χ1v) is 8.43. The number of hydrogen-bond acceptors (Lipinski definition) is 3. The second kappa shape index (κ2) is 7.76. The number of allylic oxidation sites excluding steroid dienone is 1. The molecule has 0 fully saturated rings. The number of halogens is 1. The average molecular weight is 350 g/mol. The van der Waals surface area contributed by atoms with Crippen molar-refractivity contribution in [3.05, 3.63) is 27.7 Å². The maximum atomic E-state index is 6.14. The van der Waals surface area contributed by atoms with Gasteiger partial charge in [0.2, 0.25) is 0 Å². The van der Waals surface area contributed by atoms with Crippen molar-refractivity contribution >= 4 is 39.1 Å².